The lowest BCUT2D eigenvalue weighted by atomic mass is 9.97. The Hall–Kier alpha value is -3.93. The van der Waals surface area contributed by atoms with E-state index in [0.717, 1.165) is 36.0 Å². The van der Waals surface area contributed by atoms with Gasteiger partial charge in [-0.15, -0.1) is 0 Å². The van der Waals surface area contributed by atoms with Crippen molar-refractivity contribution in [3.8, 4) is 6.07 Å². The van der Waals surface area contributed by atoms with Gasteiger partial charge in [-0.1, -0.05) is 6.07 Å². The number of nitrogens with zero attached hydrogens (tertiary/aromatic N) is 6. The fourth-order valence-electron chi connectivity index (χ4n) is 3.92. The van der Waals surface area contributed by atoms with Crippen LogP contribution in [0.4, 0.5) is 22.1 Å². The number of amides is 2. The molecule has 1 aliphatic rings. The Balaban J connectivity index is 1.59. The topological polar surface area (TPSA) is 110 Å². The molecular weight excluding hydrogens is 404 g/mol. The first-order chi connectivity index (χ1) is 15.5. The van der Waals surface area contributed by atoms with Crippen molar-refractivity contribution in [2.24, 2.45) is 0 Å². The monoisotopic (exact) mass is 430 g/mol. The third kappa shape index (κ3) is 4.39. The molecule has 2 N–H and O–H groups in total. The average molecular weight is 431 g/mol. The van der Waals surface area contributed by atoms with E-state index in [-0.39, 0.29) is 23.8 Å². The first-order valence-corrected chi connectivity index (χ1v) is 10.6. The highest BCUT2D eigenvalue weighted by atomic mass is 16.2. The second-order valence-electron chi connectivity index (χ2n) is 8.10. The molecular formula is C23H26N8O. The number of hydrogen-bond acceptors (Lipinski definition) is 7. The molecule has 0 bridgehead atoms. The Morgan fingerprint density at radius 2 is 2.12 bits per heavy atom. The number of nitriles is 1. The van der Waals surface area contributed by atoms with Crippen LogP contribution in [0.25, 0.3) is 10.9 Å². The van der Waals surface area contributed by atoms with Gasteiger partial charge in [0, 0.05) is 44.0 Å². The zero-order valence-corrected chi connectivity index (χ0v) is 18.4. The molecule has 9 heteroatoms. The zero-order valence-electron chi connectivity index (χ0n) is 18.4. The Bertz CT molecular complexity index is 1170. The molecule has 3 aromatic rings. The standard InChI is InChI=1S/C23H26N8O/c1-15-18(28-23(32)30(2)3)7-5-11-31(15)21-14-26-20(13-24)22(29-21)27-17-8-9-19-16(12-17)6-4-10-25-19/h4,6,8-10,12,14-15,18H,5,7,11H2,1-3H3,(H,27,29)(H,28,32). The number of aromatic nitrogens is 3. The lowest BCUT2D eigenvalue weighted by Crippen LogP contribution is -2.56. The molecule has 2 unspecified atom stereocenters. The van der Waals surface area contributed by atoms with Gasteiger partial charge in [-0.2, -0.15) is 5.26 Å². The maximum Gasteiger partial charge on any atom is 0.317 e. The molecule has 1 saturated heterocycles. The average Bonchev–Trinajstić information content (AvgIpc) is 2.80. The number of rotatable bonds is 4. The van der Waals surface area contributed by atoms with Crippen molar-refractivity contribution in [1.82, 2.24) is 25.2 Å². The van der Waals surface area contributed by atoms with E-state index in [4.69, 9.17) is 4.98 Å². The minimum Gasteiger partial charge on any atom is -0.350 e. The van der Waals surface area contributed by atoms with Crippen molar-refractivity contribution >= 4 is 34.3 Å². The molecule has 1 aromatic carbocycles. The van der Waals surface area contributed by atoms with Crippen molar-refractivity contribution in [1.29, 1.82) is 5.26 Å². The van der Waals surface area contributed by atoms with Crippen molar-refractivity contribution in [2.75, 3.05) is 30.9 Å². The van der Waals surface area contributed by atoms with Gasteiger partial charge < -0.3 is 20.4 Å². The summed E-state index contributed by atoms with van der Waals surface area (Å²) in [6, 6.07) is 11.7. The van der Waals surface area contributed by atoms with E-state index in [1.54, 1.807) is 26.5 Å². The summed E-state index contributed by atoms with van der Waals surface area (Å²) < 4.78 is 0. The van der Waals surface area contributed by atoms with Crippen LogP contribution >= 0.6 is 0 Å². The number of fused-ring (bicyclic) bond motifs is 1. The second-order valence-corrected chi connectivity index (χ2v) is 8.10. The van der Waals surface area contributed by atoms with Gasteiger partial charge in [0.05, 0.1) is 17.8 Å². The molecule has 3 heterocycles. The normalized spacial score (nSPS) is 18.1. The van der Waals surface area contributed by atoms with Gasteiger partial charge in [0.1, 0.15) is 11.9 Å². The maximum absolute atomic E-state index is 12.2. The molecule has 0 radical (unpaired) electrons. The zero-order chi connectivity index (χ0) is 22.7. The summed E-state index contributed by atoms with van der Waals surface area (Å²) in [4.78, 5) is 29.2. The number of anilines is 3. The predicted molar refractivity (Wildman–Crippen MR) is 124 cm³/mol. The smallest absolute Gasteiger partial charge is 0.317 e. The first kappa shape index (κ1) is 21.3. The minimum atomic E-state index is -0.109. The third-order valence-corrected chi connectivity index (χ3v) is 5.73. The van der Waals surface area contributed by atoms with Crippen LogP contribution in [0.5, 0.6) is 0 Å². The highest BCUT2D eigenvalue weighted by molar-refractivity contribution is 5.83. The van der Waals surface area contributed by atoms with Crippen molar-refractivity contribution in [3.63, 3.8) is 0 Å². The molecule has 164 valence electrons. The van der Waals surface area contributed by atoms with Gasteiger partial charge in [0.15, 0.2) is 11.5 Å². The molecule has 2 aromatic heterocycles. The lowest BCUT2D eigenvalue weighted by Gasteiger charge is -2.40. The molecule has 4 rings (SSSR count). The number of hydrogen-bond donors (Lipinski definition) is 2. The number of carbonyl (C=O) groups excluding carboxylic acids is 1. The van der Waals surface area contributed by atoms with Crippen LogP contribution in [0, 0.1) is 11.3 Å². The van der Waals surface area contributed by atoms with Crippen molar-refractivity contribution in [2.45, 2.75) is 31.8 Å². The number of carbonyl (C=O) groups is 1. The molecule has 0 aliphatic carbocycles. The number of pyridine rings is 1. The highest BCUT2D eigenvalue weighted by Gasteiger charge is 2.31. The number of urea groups is 1. The van der Waals surface area contributed by atoms with Gasteiger partial charge in [-0.3, -0.25) is 4.98 Å². The van der Waals surface area contributed by atoms with E-state index < -0.39 is 0 Å². The number of benzene rings is 1. The summed E-state index contributed by atoms with van der Waals surface area (Å²) in [7, 11) is 3.46. The van der Waals surface area contributed by atoms with Crippen LogP contribution < -0.4 is 15.5 Å². The molecule has 0 spiro atoms. The van der Waals surface area contributed by atoms with Crippen LogP contribution in [0.2, 0.25) is 0 Å². The number of piperidine rings is 1. The minimum absolute atomic E-state index is 0.000454. The highest BCUT2D eigenvalue weighted by Crippen LogP contribution is 2.27. The first-order valence-electron chi connectivity index (χ1n) is 10.6. The van der Waals surface area contributed by atoms with Crippen molar-refractivity contribution < 1.29 is 4.79 Å². The molecule has 1 aliphatic heterocycles. The van der Waals surface area contributed by atoms with Gasteiger partial charge in [0.25, 0.3) is 0 Å². The molecule has 9 nitrogen and oxygen atoms in total. The summed E-state index contributed by atoms with van der Waals surface area (Å²) in [5, 5.41) is 16.9. The molecule has 32 heavy (non-hydrogen) atoms. The van der Waals surface area contributed by atoms with Crippen LogP contribution in [0.3, 0.4) is 0 Å². The van der Waals surface area contributed by atoms with E-state index in [0.29, 0.717) is 11.6 Å². The Kier molecular flexibility index (Phi) is 6.03. The molecule has 2 atom stereocenters. The summed E-state index contributed by atoms with van der Waals surface area (Å²) in [5.41, 5.74) is 1.92. The van der Waals surface area contributed by atoms with E-state index in [1.807, 2.05) is 30.3 Å². The second kappa shape index (κ2) is 9.06. The summed E-state index contributed by atoms with van der Waals surface area (Å²) in [6.07, 6.45) is 5.20. The van der Waals surface area contributed by atoms with Crippen LogP contribution in [-0.2, 0) is 0 Å². The predicted octanol–water partition coefficient (Wildman–Crippen LogP) is 3.27. The van der Waals surface area contributed by atoms with Gasteiger partial charge in [0.2, 0.25) is 0 Å². The lowest BCUT2D eigenvalue weighted by molar-refractivity contribution is 0.207. The van der Waals surface area contributed by atoms with Gasteiger partial charge in [-0.05, 0) is 44.0 Å². The number of nitrogens with one attached hydrogen (secondary N) is 2. The van der Waals surface area contributed by atoms with E-state index in [2.05, 4.69) is 38.5 Å². The van der Waals surface area contributed by atoms with E-state index in [9.17, 15) is 10.1 Å². The fourth-order valence-corrected chi connectivity index (χ4v) is 3.92. The quantitative estimate of drug-likeness (QED) is 0.654. The molecule has 1 fully saturated rings. The molecule has 0 saturated carbocycles. The van der Waals surface area contributed by atoms with Crippen molar-refractivity contribution in [3.05, 3.63) is 48.4 Å². The summed E-state index contributed by atoms with van der Waals surface area (Å²) in [6.45, 7) is 2.88. The van der Waals surface area contributed by atoms with Crippen LogP contribution in [0.1, 0.15) is 25.5 Å². The van der Waals surface area contributed by atoms with Crippen LogP contribution in [-0.4, -0.2) is 58.6 Å². The third-order valence-electron chi connectivity index (χ3n) is 5.73. The van der Waals surface area contributed by atoms with E-state index in [1.165, 1.54) is 4.90 Å². The maximum atomic E-state index is 12.2. The Morgan fingerprint density at radius 3 is 2.91 bits per heavy atom. The summed E-state index contributed by atoms with van der Waals surface area (Å²) >= 11 is 0. The Morgan fingerprint density at radius 1 is 1.28 bits per heavy atom. The van der Waals surface area contributed by atoms with Gasteiger partial charge in [-0.25, -0.2) is 14.8 Å². The summed E-state index contributed by atoms with van der Waals surface area (Å²) in [5.74, 6) is 1.07. The van der Waals surface area contributed by atoms with E-state index >= 15 is 0 Å². The SMILES string of the molecule is CC1C(NC(=O)N(C)C)CCCN1c1cnc(C#N)c(Nc2ccc3ncccc3c2)n1. The molecule has 2 amide bonds. The fraction of sp³-hybridized carbons (Fsp3) is 0.348. The Labute approximate surface area is 187 Å². The largest absolute Gasteiger partial charge is 0.350 e. The van der Waals surface area contributed by atoms with Gasteiger partial charge >= 0.3 is 6.03 Å². The van der Waals surface area contributed by atoms with Crippen LogP contribution in [0.15, 0.2) is 42.7 Å².